The zero-order chi connectivity index (χ0) is 21.7. The van der Waals surface area contributed by atoms with Gasteiger partial charge in [0.25, 0.3) is 0 Å². The van der Waals surface area contributed by atoms with Gasteiger partial charge >= 0.3 is 0 Å². The summed E-state index contributed by atoms with van der Waals surface area (Å²) < 4.78 is 0. The van der Waals surface area contributed by atoms with Crippen LogP contribution in [-0.4, -0.2) is 11.2 Å². The molecule has 172 valence electrons. The van der Waals surface area contributed by atoms with Gasteiger partial charge in [0.05, 0.1) is 6.10 Å². The predicted molar refractivity (Wildman–Crippen MR) is 128 cm³/mol. The van der Waals surface area contributed by atoms with Crippen LogP contribution < -0.4 is 0 Å². The predicted octanol–water partition coefficient (Wildman–Crippen LogP) is 7.88. The second kappa shape index (κ2) is 8.57. The molecule has 0 aliphatic heterocycles. The molecule has 0 spiro atoms. The van der Waals surface area contributed by atoms with E-state index in [1.54, 1.807) is 0 Å². The van der Waals surface area contributed by atoms with Crippen LogP contribution in [0.25, 0.3) is 0 Å². The number of hydrogen-bond donors (Lipinski definition) is 1. The van der Waals surface area contributed by atoms with Gasteiger partial charge in [-0.05, 0) is 129 Å². The van der Waals surface area contributed by atoms with Crippen LogP contribution in [0.2, 0.25) is 0 Å². The smallest absolute Gasteiger partial charge is 0.0543 e. The number of aliphatic hydroxyl groups excluding tert-OH is 1. The van der Waals surface area contributed by atoms with Crippen molar-refractivity contribution in [2.45, 2.75) is 111 Å². The molecule has 0 heterocycles. The van der Waals surface area contributed by atoms with E-state index in [-0.39, 0.29) is 6.10 Å². The molecule has 4 fully saturated rings. The van der Waals surface area contributed by atoms with E-state index < -0.39 is 0 Å². The third kappa shape index (κ3) is 3.74. The molecule has 0 unspecified atom stereocenters. The van der Waals surface area contributed by atoms with Gasteiger partial charge in [0.1, 0.15) is 0 Å². The van der Waals surface area contributed by atoms with Crippen molar-refractivity contribution in [3.05, 3.63) is 12.7 Å². The SMILES string of the molecule is C=C[C@H](CC[C@@H](C)[C@H]1CC[C@H]2[C@@H]3CC[C@H]4C[C@@H](O)CC[C@]4(C)[C@H]3CC[C@]12C)C(C)C. The van der Waals surface area contributed by atoms with E-state index in [1.165, 1.54) is 57.8 Å². The van der Waals surface area contributed by atoms with Crippen molar-refractivity contribution in [2.75, 3.05) is 0 Å². The molecule has 0 radical (unpaired) electrons. The number of rotatable bonds is 6. The molecule has 0 amide bonds. The summed E-state index contributed by atoms with van der Waals surface area (Å²) in [4.78, 5) is 0. The molecule has 1 N–H and O–H groups in total. The molecular weight excluding hydrogens is 364 g/mol. The Bertz CT molecular complexity index is 609. The zero-order valence-corrected chi connectivity index (χ0v) is 20.7. The van der Waals surface area contributed by atoms with E-state index in [2.05, 4.69) is 47.3 Å². The molecule has 1 nitrogen and oxygen atoms in total. The molecule has 4 aliphatic carbocycles. The van der Waals surface area contributed by atoms with E-state index in [9.17, 15) is 5.11 Å². The monoisotopic (exact) mass is 414 g/mol. The Kier molecular flexibility index (Phi) is 6.53. The summed E-state index contributed by atoms with van der Waals surface area (Å²) in [5.74, 6) is 6.85. The number of hydrogen-bond acceptors (Lipinski definition) is 1. The standard InChI is InChI=1S/C29H50O/c1-7-21(19(2)3)9-8-20(4)25-12-13-26-24-11-10-22-18-23(30)14-16-28(22,5)27(24)15-17-29(25,26)6/h7,19-27,30H,1,8-18H2,2-6H3/t20-,21-,22+,23+,24+,25-,26+,27+,28+,29-/m1/s1. The largest absolute Gasteiger partial charge is 0.393 e. The van der Waals surface area contributed by atoms with Gasteiger partial charge in [0.2, 0.25) is 0 Å². The molecule has 0 aromatic rings. The zero-order valence-electron chi connectivity index (χ0n) is 20.7. The maximum absolute atomic E-state index is 10.3. The lowest BCUT2D eigenvalue weighted by atomic mass is 9.44. The average Bonchev–Trinajstić information content (AvgIpc) is 3.06. The van der Waals surface area contributed by atoms with Crippen molar-refractivity contribution in [1.29, 1.82) is 0 Å². The lowest BCUT2D eigenvalue weighted by Crippen LogP contribution is -2.54. The molecule has 4 aliphatic rings. The number of fused-ring (bicyclic) bond motifs is 5. The van der Waals surface area contributed by atoms with Gasteiger partial charge in [-0.25, -0.2) is 0 Å². The van der Waals surface area contributed by atoms with Crippen molar-refractivity contribution in [3.63, 3.8) is 0 Å². The third-order valence-corrected chi connectivity index (χ3v) is 11.5. The Morgan fingerprint density at radius 2 is 1.60 bits per heavy atom. The molecule has 30 heavy (non-hydrogen) atoms. The van der Waals surface area contributed by atoms with Crippen molar-refractivity contribution >= 4 is 0 Å². The minimum atomic E-state index is -0.0181. The topological polar surface area (TPSA) is 20.2 Å². The third-order valence-electron chi connectivity index (χ3n) is 11.5. The second-order valence-electron chi connectivity index (χ2n) is 13.0. The lowest BCUT2D eigenvalue weighted by Gasteiger charge is -2.61. The van der Waals surface area contributed by atoms with Gasteiger partial charge < -0.3 is 5.11 Å². The van der Waals surface area contributed by atoms with Crippen LogP contribution in [-0.2, 0) is 0 Å². The Balaban J connectivity index is 1.45. The summed E-state index contributed by atoms with van der Waals surface area (Å²) in [6, 6.07) is 0. The van der Waals surface area contributed by atoms with E-state index in [4.69, 9.17) is 0 Å². The Labute approximate surface area is 187 Å². The highest BCUT2D eigenvalue weighted by atomic mass is 16.3. The molecule has 4 rings (SSSR count). The number of allylic oxidation sites excluding steroid dienone is 1. The van der Waals surface area contributed by atoms with Crippen LogP contribution in [0.5, 0.6) is 0 Å². The normalized spacial score (nSPS) is 47.8. The highest BCUT2D eigenvalue weighted by Crippen LogP contribution is 2.68. The van der Waals surface area contributed by atoms with E-state index in [1.807, 2.05) is 0 Å². The number of aliphatic hydroxyl groups is 1. The van der Waals surface area contributed by atoms with Crippen molar-refractivity contribution < 1.29 is 5.11 Å². The second-order valence-corrected chi connectivity index (χ2v) is 13.0. The first-order valence-corrected chi connectivity index (χ1v) is 13.5. The summed E-state index contributed by atoms with van der Waals surface area (Å²) in [5, 5.41) is 10.3. The van der Waals surface area contributed by atoms with Gasteiger partial charge in [-0.3, -0.25) is 0 Å². The molecular formula is C29H50O. The highest BCUT2D eigenvalue weighted by molar-refractivity contribution is 5.09. The first-order valence-electron chi connectivity index (χ1n) is 13.5. The van der Waals surface area contributed by atoms with Gasteiger partial charge in [-0.1, -0.05) is 40.7 Å². The van der Waals surface area contributed by atoms with Gasteiger partial charge in [-0.15, -0.1) is 6.58 Å². The average molecular weight is 415 g/mol. The summed E-state index contributed by atoms with van der Waals surface area (Å²) in [6.45, 7) is 16.7. The van der Waals surface area contributed by atoms with Crippen molar-refractivity contribution in [3.8, 4) is 0 Å². The summed E-state index contributed by atoms with van der Waals surface area (Å²) in [6.07, 6.45) is 17.1. The minimum Gasteiger partial charge on any atom is -0.393 e. The molecule has 4 saturated carbocycles. The summed E-state index contributed by atoms with van der Waals surface area (Å²) in [7, 11) is 0. The fraction of sp³-hybridized carbons (Fsp3) is 0.931. The van der Waals surface area contributed by atoms with Crippen LogP contribution in [0, 0.1) is 58.2 Å². The fourth-order valence-corrected chi connectivity index (χ4v) is 9.59. The van der Waals surface area contributed by atoms with Crippen molar-refractivity contribution in [1.82, 2.24) is 0 Å². The van der Waals surface area contributed by atoms with E-state index in [0.717, 1.165) is 54.3 Å². The lowest BCUT2D eigenvalue weighted by molar-refractivity contribution is -0.129. The van der Waals surface area contributed by atoms with Crippen LogP contribution in [0.15, 0.2) is 12.7 Å². The van der Waals surface area contributed by atoms with Crippen molar-refractivity contribution in [2.24, 2.45) is 58.2 Å². The first-order chi connectivity index (χ1) is 14.2. The van der Waals surface area contributed by atoms with Gasteiger partial charge in [0, 0.05) is 0 Å². The van der Waals surface area contributed by atoms with Gasteiger partial charge in [-0.2, -0.15) is 0 Å². The molecule has 0 saturated heterocycles. The minimum absolute atomic E-state index is 0.0181. The van der Waals surface area contributed by atoms with E-state index >= 15 is 0 Å². The summed E-state index contributed by atoms with van der Waals surface area (Å²) in [5.41, 5.74) is 1.10. The molecule has 10 atom stereocenters. The van der Waals surface area contributed by atoms with Gasteiger partial charge in [0.15, 0.2) is 0 Å². The molecule has 1 heteroatoms. The van der Waals surface area contributed by atoms with Crippen LogP contribution in [0.1, 0.15) is 105 Å². The van der Waals surface area contributed by atoms with E-state index in [0.29, 0.717) is 16.7 Å². The quantitative estimate of drug-likeness (QED) is 0.438. The Morgan fingerprint density at radius 1 is 0.900 bits per heavy atom. The molecule has 0 aromatic carbocycles. The summed E-state index contributed by atoms with van der Waals surface area (Å²) >= 11 is 0. The van der Waals surface area contributed by atoms with Crippen LogP contribution >= 0.6 is 0 Å². The van der Waals surface area contributed by atoms with Crippen LogP contribution in [0.3, 0.4) is 0 Å². The first kappa shape index (κ1) is 22.9. The Hall–Kier alpha value is -0.300. The molecule has 0 bridgehead atoms. The molecule has 0 aromatic heterocycles. The highest BCUT2D eigenvalue weighted by Gasteiger charge is 2.60. The fourth-order valence-electron chi connectivity index (χ4n) is 9.59. The Morgan fingerprint density at radius 3 is 2.30 bits per heavy atom. The maximum atomic E-state index is 10.3. The maximum Gasteiger partial charge on any atom is 0.0543 e. The van der Waals surface area contributed by atoms with Crippen LogP contribution in [0.4, 0.5) is 0 Å².